The van der Waals surface area contributed by atoms with Crippen LogP contribution in [0.5, 0.6) is 0 Å². The number of nitrogens with zero attached hydrogens (tertiary/aromatic N) is 3. The molecule has 1 aliphatic heterocycles. The van der Waals surface area contributed by atoms with Gasteiger partial charge in [0.1, 0.15) is 17.3 Å². The smallest absolute Gasteiger partial charge is 0.215 e. The van der Waals surface area contributed by atoms with E-state index in [4.69, 9.17) is 5.73 Å². The normalized spacial score (nSPS) is 16.8. The molecule has 0 spiro atoms. The molecule has 6 nitrogen and oxygen atoms in total. The summed E-state index contributed by atoms with van der Waals surface area (Å²) in [7, 11) is 0. The fourth-order valence-electron chi connectivity index (χ4n) is 3.33. The maximum atomic E-state index is 13.1. The van der Waals surface area contributed by atoms with E-state index >= 15 is 0 Å². The van der Waals surface area contributed by atoms with E-state index in [9.17, 15) is 4.79 Å². The fraction of sp³-hybridized carbons (Fsp3) is 0.208. The molecule has 3 heterocycles. The molecule has 30 heavy (non-hydrogen) atoms. The number of piperazine rings is 1. The molecule has 1 fully saturated rings. The van der Waals surface area contributed by atoms with Crippen molar-refractivity contribution in [3.63, 3.8) is 0 Å². The molecule has 2 aromatic heterocycles. The van der Waals surface area contributed by atoms with Crippen molar-refractivity contribution in [3.05, 3.63) is 90.3 Å². The monoisotopic (exact) mass is 401 g/mol. The molecule has 0 amide bonds. The number of carbonyl (C=O) groups excluding carboxylic acids is 1. The summed E-state index contributed by atoms with van der Waals surface area (Å²) < 4.78 is 0. The average molecular weight is 402 g/mol. The summed E-state index contributed by atoms with van der Waals surface area (Å²) in [5.74, 6) is 0.669. The summed E-state index contributed by atoms with van der Waals surface area (Å²) in [6, 6.07) is 7.24. The highest BCUT2D eigenvalue weighted by molar-refractivity contribution is 6.12. The van der Waals surface area contributed by atoms with Gasteiger partial charge in [0, 0.05) is 37.4 Å². The van der Waals surface area contributed by atoms with E-state index < -0.39 is 0 Å². The van der Waals surface area contributed by atoms with Gasteiger partial charge in [0.25, 0.3) is 0 Å². The number of ketones is 1. The first-order valence-corrected chi connectivity index (χ1v) is 9.90. The summed E-state index contributed by atoms with van der Waals surface area (Å²) in [5, 5.41) is 3.49. The van der Waals surface area contributed by atoms with Gasteiger partial charge >= 0.3 is 0 Å². The lowest BCUT2D eigenvalue weighted by molar-refractivity contribution is 0.103. The van der Waals surface area contributed by atoms with Crippen molar-refractivity contribution in [2.45, 2.75) is 13.0 Å². The third-order valence-electron chi connectivity index (χ3n) is 4.99. The first-order valence-electron chi connectivity index (χ1n) is 9.90. The number of rotatable bonds is 7. The van der Waals surface area contributed by atoms with Gasteiger partial charge in [-0.1, -0.05) is 43.5 Å². The molecule has 6 heteroatoms. The topological polar surface area (TPSA) is 84.1 Å². The molecule has 1 aliphatic rings. The summed E-state index contributed by atoms with van der Waals surface area (Å²) in [6.45, 7) is 12.3. The Balaban J connectivity index is 1.87. The molecular formula is C24H27N5O. The van der Waals surface area contributed by atoms with Crippen molar-refractivity contribution < 1.29 is 4.79 Å². The van der Waals surface area contributed by atoms with E-state index in [1.165, 1.54) is 0 Å². The van der Waals surface area contributed by atoms with Crippen LogP contribution in [0.15, 0.2) is 73.5 Å². The van der Waals surface area contributed by atoms with Gasteiger partial charge in [0.15, 0.2) is 0 Å². The highest BCUT2D eigenvalue weighted by atomic mass is 16.1. The van der Waals surface area contributed by atoms with Gasteiger partial charge < -0.3 is 16.0 Å². The Morgan fingerprint density at radius 2 is 2.17 bits per heavy atom. The first kappa shape index (κ1) is 21.2. The number of pyridine rings is 2. The number of nitrogen functional groups attached to an aromatic ring is 1. The molecule has 3 rings (SSSR count). The highest BCUT2D eigenvalue weighted by Gasteiger charge is 2.24. The van der Waals surface area contributed by atoms with Crippen molar-refractivity contribution in [1.82, 2.24) is 15.3 Å². The quantitative estimate of drug-likeness (QED) is 0.546. The predicted octanol–water partition coefficient (Wildman–Crippen LogP) is 3.40. The minimum absolute atomic E-state index is 0.106. The van der Waals surface area contributed by atoms with Gasteiger partial charge in [-0.3, -0.25) is 4.79 Å². The van der Waals surface area contributed by atoms with Gasteiger partial charge in [-0.05, 0) is 36.8 Å². The van der Waals surface area contributed by atoms with Crippen molar-refractivity contribution in [2.75, 3.05) is 30.3 Å². The van der Waals surface area contributed by atoms with Gasteiger partial charge in [0.05, 0.1) is 5.56 Å². The minimum atomic E-state index is -0.261. The van der Waals surface area contributed by atoms with Gasteiger partial charge in [0.2, 0.25) is 5.78 Å². The largest absolute Gasteiger partial charge is 0.383 e. The zero-order chi connectivity index (χ0) is 21.5. The molecule has 0 unspecified atom stereocenters. The van der Waals surface area contributed by atoms with E-state index in [1.807, 2.05) is 43.4 Å². The Bertz CT molecular complexity index is 1010. The van der Waals surface area contributed by atoms with Crippen LogP contribution in [0, 0.1) is 0 Å². The van der Waals surface area contributed by atoms with E-state index in [0.29, 0.717) is 23.4 Å². The van der Waals surface area contributed by atoms with Crippen LogP contribution < -0.4 is 16.0 Å². The number of nitrogens with two attached hydrogens (primary N) is 1. The van der Waals surface area contributed by atoms with Crippen LogP contribution in [0.2, 0.25) is 0 Å². The van der Waals surface area contributed by atoms with Crippen LogP contribution in [0.4, 0.5) is 11.6 Å². The van der Waals surface area contributed by atoms with Gasteiger partial charge in [-0.25, -0.2) is 9.97 Å². The lowest BCUT2D eigenvalue weighted by atomic mass is 10.0. The average Bonchev–Trinajstić information content (AvgIpc) is 2.78. The summed E-state index contributed by atoms with van der Waals surface area (Å²) >= 11 is 0. The first-order chi connectivity index (χ1) is 14.5. The van der Waals surface area contributed by atoms with Gasteiger partial charge in [-0.2, -0.15) is 0 Å². The maximum Gasteiger partial charge on any atom is 0.215 e. The third kappa shape index (κ3) is 4.72. The maximum absolute atomic E-state index is 13.1. The van der Waals surface area contributed by atoms with Crippen LogP contribution in [0.3, 0.4) is 0 Å². The minimum Gasteiger partial charge on any atom is -0.383 e. The number of hydrogen-bond donors (Lipinski definition) is 2. The van der Waals surface area contributed by atoms with E-state index in [1.54, 1.807) is 24.4 Å². The van der Waals surface area contributed by atoms with Crippen molar-refractivity contribution in [3.8, 4) is 0 Å². The van der Waals surface area contributed by atoms with Crippen LogP contribution in [-0.2, 0) is 0 Å². The molecule has 0 bridgehead atoms. The number of carbonyl (C=O) groups is 1. The number of aromatic nitrogens is 2. The zero-order valence-corrected chi connectivity index (χ0v) is 17.2. The fourth-order valence-corrected chi connectivity index (χ4v) is 3.33. The second-order valence-electron chi connectivity index (χ2n) is 6.99. The Kier molecular flexibility index (Phi) is 6.93. The summed E-state index contributed by atoms with van der Waals surface area (Å²) in [4.78, 5) is 24.0. The highest BCUT2D eigenvalue weighted by Crippen LogP contribution is 2.22. The van der Waals surface area contributed by atoms with Crippen molar-refractivity contribution in [1.29, 1.82) is 0 Å². The summed E-state index contributed by atoms with van der Waals surface area (Å²) in [6.07, 6.45) is 11.1. The predicted molar refractivity (Wildman–Crippen MR) is 124 cm³/mol. The molecule has 1 saturated heterocycles. The zero-order valence-electron chi connectivity index (χ0n) is 17.2. The molecule has 2 aromatic rings. The molecule has 0 aliphatic carbocycles. The number of allylic oxidation sites excluding steroid dienone is 3. The van der Waals surface area contributed by atoms with E-state index in [2.05, 4.69) is 33.3 Å². The standard InChI is InChI=1S/C24H27N5O/c1-4-6-7-9-17(3)20-16-29(15-14-26-20)21-12-11-18(5-2)22(28-21)23(30)19-10-8-13-27-24(19)25/h4-13,20,26H,2-3,14-16H2,1H3,(H2,25,27)/b6-4-,9-7-/t20-/m1/s1. The van der Waals surface area contributed by atoms with Crippen LogP contribution in [-0.4, -0.2) is 41.4 Å². The second kappa shape index (κ2) is 9.80. The van der Waals surface area contributed by atoms with E-state index in [-0.39, 0.29) is 17.6 Å². The molecule has 1 atom stereocenters. The molecule has 3 N–H and O–H groups in total. The Hall–Kier alpha value is -3.51. The lowest BCUT2D eigenvalue weighted by Crippen LogP contribution is -2.51. The van der Waals surface area contributed by atoms with Crippen LogP contribution in [0.1, 0.15) is 28.5 Å². The number of nitrogens with one attached hydrogen (secondary N) is 1. The lowest BCUT2D eigenvalue weighted by Gasteiger charge is -2.35. The van der Waals surface area contributed by atoms with Crippen molar-refractivity contribution >= 4 is 23.5 Å². The summed E-state index contributed by atoms with van der Waals surface area (Å²) in [5.41, 5.74) is 8.23. The molecule has 0 saturated carbocycles. The Labute approximate surface area is 177 Å². The van der Waals surface area contributed by atoms with Crippen molar-refractivity contribution in [2.24, 2.45) is 0 Å². The Morgan fingerprint density at radius 1 is 1.33 bits per heavy atom. The molecular weight excluding hydrogens is 374 g/mol. The second-order valence-corrected chi connectivity index (χ2v) is 6.99. The molecule has 0 radical (unpaired) electrons. The third-order valence-corrected chi connectivity index (χ3v) is 4.99. The molecule has 0 aromatic carbocycles. The SMILES string of the molecule is C=Cc1ccc(N2CCN[C@@H](C(=C)/C=C\C=C/C)C2)nc1C(=O)c1cccnc1N. The number of hydrogen-bond acceptors (Lipinski definition) is 6. The molecule has 154 valence electrons. The van der Waals surface area contributed by atoms with Gasteiger partial charge in [-0.15, -0.1) is 0 Å². The van der Waals surface area contributed by atoms with Crippen LogP contribution in [0.25, 0.3) is 6.08 Å². The van der Waals surface area contributed by atoms with E-state index in [0.717, 1.165) is 24.5 Å². The Morgan fingerprint density at radius 3 is 2.90 bits per heavy atom. The number of anilines is 2. The van der Waals surface area contributed by atoms with Crippen LogP contribution >= 0.6 is 0 Å².